The molecule has 25 heavy (non-hydrogen) atoms. The predicted molar refractivity (Wildman–Crippen MR) is 102 cm³/mol. The lowest BCUT2D eigenvalue weighted by molar-refractivity contribution is -0.0386. The van der Waals surface area contributed by atoms with Gasteiger partial charge in [0, 0.05) is 24.8 Å². The van der Waals surface area contributed by atoms with Gasteiger partial charge in [-0.2, -0.15) is 0 Å². The van der Waals surface area contributed by atoms with Crippen molar-refractivity contribution in [2.45, 2.75) is 51.7 Å². The number of carbonyl (C=O) groups excluding carboxylic acids is 1. The van der Waals surface area contributed by atoms with Gasteiger partial charge in [-0.3, -0.25) is 10.2 Å². The molecule has 1 amide bonds. The number of hydrogen-bond donors (Lipinski definition) is 1. The monoisotopic (exact) mass is 368 g/mol. The number of nitrogens with zero attached hydrogens (tertiary/aromatic N) is 1. The number of aryl methyl sites for hydroxylation is 2. The van der Waals surface area contributed by atoms with Gasteiger partial charge in [-0.1, -0.05) is 24.6 Å². The van der Waals surface area contributed by atoms with E-state index in [4.69, 9.17) is 9.47 Å². The summed E-state index contributed by atoms with van der Waals surface area (Å²) in [4.78, 5) is 14.9. The van der Waals surface area contributed by atoms with Gasteiger partial charge in [0.1, 0.15) is 6.10 Å². The minimum Gasteiger partial charge on any atom is -0.444 e. The maximum Gasteiger partial charge on any atom is 0.411 e. The van der Waals surface area contributed by atoms with Gasteiger partial charge in [-0.05, 0) is 44.2 Å². The van der Waals surface area contributed by atoms with Crippen molar-refractivity contribution in [3.63, 3.8) is 0 Å². The molecule has 1 aliphatic heterocycles. The number of para-hydroxylation sites is 1. The molecule has 0 bridgehead atoms. The summed E-state index contributed by atoms with van der Waals surface area (Å²) >= 11 is 0. The molecule has 1 saturated carbocycles. The number of anilines is 1. The number of amides is 1. The van der Waals surface area contributed by atoms with E-state index in [0.29, 0.717) is 6.04 Å². The van der Waals surface area contributed by atoms with Crippen molar-refractivity contribution in [3.05, 3.63) is 29.3 Å². The first-order valence-corrected chi connectivity index (χ1v) is 9.01. The van der Waals surface area contributed by atoms with Gasteiger partial charge in [0.05, 0.1) is 13.2 Å². The van der Waals surface area contributed by atoms with Crippen LogP contribution < -0.4 is 5.32 Å². The third kappa shape index (κ3) is 5.09. The molecule has 3 rings (SSSR count). The van der Waals surface area contributed by atoms with Crippen LogP contribution >= 0.6 is 12.4 Å². The summed E-state index contributed by atoms with van der Waals surface area (Å²) in [5.41, 5.74) is 2.97. The van der Waals surface area contributed by atoms with Crippen molar-refractivity contribution < 1.29 is 14.3 Å². The van der Waals surface area contributed by atoms with E-state index >= 15 is 0 Å². The number of halogens is 1. The second kappa shape index (κ2) is 9.41. The summed E-state index contributed by atoms with van der Waals surface area (Å²) in [5.74, 6) is 0. The molecular weight excluding hydrogens is 340 g/mol. The lowest BCUT2D eigenvalue weighted by atomic mass is 9.91. The molecule has 1 saturated heterocycles. The minimum absolute atomic E-state index is 0. The zero-order valence-electron chi connectivity index (χ0n) is 15.1. The average molecular weight is 369 g/mol. The standard InChI is InChI=1S/C19H28N2O3.ClH/c1-14-6-5-7-15(2)18(14)20-19(22)24-17-9-4-3-8-16(17)21-10-12-23-13-11-21;/h5-7,16-17H,3-4,8-13H2,1-2H3,(H,20,22);1H. The van der Waals surface area contributed by atoms with Gasteiger partial charge in [0.15, 0.2) is 0 Å². The summed E-state index contributed by atoms with van der Waals surface area (Å²) in [6, 6.07) is 6.32. The number of hydrogen-bond acceptors (Lipinski definition) is 4. The van der Waals surface area contributed by atoms with Crippen LogP contribution in [-0.4, -0.2) is 49.4 Å². The molecule has 2 unspecified atom stereocenters. The fourth-order valence-electron chi connectivity index (χ4n) is 3.82. The number of ether oxygens (including phenoxy) is 2. The summed E-state index contributed by atoms with van der Waals surface area (Å²) in [7, 11) is 0. The molecule has 2 aliphatic rings. The van der Waals surface area contributed by atoms with E-state index < -0.39 is 0 Å². The molecule has 2 atom stereocenters. The van der Waals surface area contributed by atoms with E-state index in [0.717, 1.165) is 62.4 Å². The van der Waals surface area contributed by atoms with Gasteiger partial charge < -0.3 is 9.47 Å². The summed E-state index contributed by atoms with van der Waals surface area (Å²) < 4.78 is 11.3. The summed E-state index contributed by atoms with van der Waals surface area (Å²) in [5, 5.41) is 2.94. The topological polar surface area (TPSA) is 50.8 Å². The number of benzene rings is 1. The molecule has 6 heteroatoms. The van der Waals surface area contributed by atoms with Gasteiger partial charge >= 0.3 is 6.09 Å². The van der Waals surface area contributed by atoms with Crippen LogP contribution in [0, 0.1) is 13.8 Å². The Morgan fingerprint density at radius 2 is 1.80 bits per heavy atom. The van der Waals surface area contributed by atoms with Crippen molar-refractivity contribution in [2.75, 3.05) is 31.6 Å². The summed E-state index contributed by atoms with van der Waals surface area (Å²) in [6.07, 6.45) is 4.02. The zero-order valence-corrected chi connectivity index (χ0v) is 15.9. The molecule has 1 heterocycles. The first-order valence-electron chi connectivity index (χ1n) is 9.01. The van der Waals surface area contributed by atoms with Gasteiger partial charge in [0.25, 0.3) is 0 Å². The Morgan fingerprint density at radius 3 is 2.48 bits per heavy atom. The zero-order chi connectivity index (χ0) is 16.9. The van der Waals surface area contributed by atoms with E-state index in [9.17, 15) is 4.79 Å². The van der Waals surface area contributed by atoms with Gasteiger partial charge in [-0.25, -0.2) is 4.79 Å². The quantitative estimate of drug-likeness (QED) is 0.878. The Hall–Kier alpha value is -1.30. The highest BCUT2D eigenvalue weighted by molar-refractivity contribution is 5.87. The second-order valence-corrected chi connectivity index (χ2v) is 6.84. The molecule has 1 aromatic rings. The second-order valence-electron chi connectivity index (χ2n) is 6.84. The van der Waals surface area contributed by atoms with E-state index in [2.05, 4.69) is 10.2 Å². The smallest absolute Gasteiger partial charge is 0.411 e. The number of morpholine rings is 1. The third-order valence-corrected chi connectivity index (χ3v) is 5.15. The van der Waals surface area contributed by atoms with Crippen LogP contribution in [0.4, 0.5) is 10.5 Å². The molecule has 0 radical (unpaired) electrons. The fourth-order valence-corrected chi connectivity index (χ4v) is 3.82. The van der Waals surface area contributed by atoms with Gasteiger partial charge in [-0.15, -0.1) is 12.4 Å². The Morgan fingerprint density at radius 1 is 1.16 bits per heavy atom. The molecule has 5 nitrogen and oxygen atoms in total. The van der Waals surface area contributed by atoms with Crippen LogP contribution in [0.25, 0.3) is 0 Å². The molecule has 2 fully saturated rings. The van der Waals surface area contributed by atoms with Crippen LogP contribution in [-0.2, 0) is 9.47 Å². The highest BCUT2D eigenvalue weighted by Crippen LogP contribution is 2.27. The first kappa shape index (κ1) is 20.0. The largest absolute Gasteiger partial charge is 0.444 e. The van der Waals surface area contributed by atoms with E-state index in [1.165, 1.54) is 6.42 Å². The minimum atomic E-state index is -0.336. The Kier molecular flexibility index (Phi) is 7.54. The maximum absolute atomic E-state index is 12.4. The molecule has 0 spiro atoms. The van der Waals surface area contributed by atoms with Crippen LogP contribution in [0.3, 0.4) is 0 Å². The Labute approximate surface area is 156 Å². The third-order valence-electron chi connectivity index (χ3n) is 5.15. The number of rotatable bonds is 3. The molecular formula is C19H29ClN2O3. The highest BCUT2D eigenvalue weighted by Gasteiger charge is 2.33. The maximum atomic E-state index is 12.4. The lowest BCUT2D eigenvalue weighted by Gasteiger charge is -2.40. The molecule has 0 aromatic heterocycles. The molecule has 1 N–H and O–H groups in total. The highest BCUT2D eigenvalue weighted by atomic mass is 35.5. The Balaban J connectivity index is 0.00000225. The van der Waals surface area contributed by atoms with Crippen LogP contribution in [0.5, 0.6) is 0 Å². The number of nitrogens with one attached hydrogen (secondary N) is 1. The van der Waals surface area contributed by atoms with Crippen LogP contribution in [0.1, 0.15) is 36.8 Å². The van der Waals surface area contributed by atoms with Crippen molar-refractivity contribution in [2.24, 2.45) is 0 Å². The lowest BCUT2D eigenvalue weighted by Crippen LogP contribution is -2.51. The van der Waals surface area contributed by atoms with Crippen molar-refractivity contribution in [3.8, 4) is 0 Å². The SMILES string of the molecule is Cc1cccc(C)c1NC(=O)OC1CCCCC1N1CCOCC1.Cl. The average Bonchev–Trinajstić information content (AvgIpc) is 2.60. The van der Waals surface area contributed by atoms with Crippen molar-refractivity contribution in [1.82, 2.24) is 4.90 Å². The molecule has 140 valence electrons. The molecule has 1 aliphatic carbocycles. The van der Waals surface area contributed by atoms with Gasteiger partial charge in [0.2, 0.25) is 0 Å². The van der Waals surface area contributed by atoms with Crippen LogP contribution in [0.15, 0.2) is 18.2 Å². The summed E-state index contributed by atoms with van der Waals surface area (Å²) in [6.45, 7) is 7.42. The predicted octanol–water partition coefficient (Wildman–Crippen LogP) is 3.92. The van der Waals surface area contributed by atoms with Crippen molar-refractivity contribution in [1.29, 1.82) is 0 Å². The van der Waals surface area contributed by atoms with E-state index in [1.54, 1.807) is 0 Å². The van der Waals surface area contributed by atoms with E-state index in [-0.39, 0.29) is 24.6 Å². The fraction of sp³-hybridized carbons (Fsp3) is 0.632. The van der Waals surface area contributed by atoms with Crippen LogP contribution in [0.2, 0.25) is 0 Å². The van der Waals surface area contributed by atoms with Crippen molar-refractivity contribution >= 4 is 24.2 Å². The number of carbonyl (C=O) groups is 1. The molecule has 1 aromatic carbocycles. The normalized spacial score (nSPS) is 24.2. The Bertz CT molecular complexity index is 556. The first-order chi connectivity index (χ1) is 11.6. The van der Waals surface area contributed by atoms with E-state index in [1.807, 2.05) is 32.0 Å².